The first-order valence-electron chi connectivity index (χ1n) is 7.41. The first-order chi connectivity index (χ1) is 10.4. The number of fused-ring (bicyclic) bond motifs is 1. The van der Waals surface area contributed by atoms with E-state index in [1.54, 1.807) is 6.20 Å². The summed E-state index contributed by atoms with van der Waals surface area (Å²) in [5.41, 5.74) is 1.90. The Morgan fingerprint density at radius 2 is 2.19 bits per heavy atom. The van der Waals surface area contributed by atoms with E-state index in [9.17, 15) is 0 Å². The van der Waals surface area contributed by atoms with Crippen LogP contribution in [-0.2, 0) is 0 Å². The minimum atomic E-state index is 0.202. The van der Waals surface area contributed by atoms with Crippen molar-refractivity contribution in [3.8, 4) is 11.5 Å². The van der Waals surface area contributed by atoms with E-state index in [1.165, 1.54) is 19.3 Å². The van der Waals surface area contributed by atoms with E-state index in [0.29, 0.717) is 5.89 Å². The van der Waals surface area contributed by atoms with Crippen LogP contribution < -0.4 is 5.32 Å². The van der Waals surface area contributed by atoms with Gasteiger partial charge in [0.15, 0.2) is 5.82 Å². The van der Waals surface area contributed by atoms with E-state index in [2.05, 4.69) is 25.7 Å². The molecule has 0 aliphatic carbocycles. The number of rotatable bonds is 2. The summed E-state index contributed by atoms with van der Waals surface area (Å²) in [6, 6.07) is 6.13. The molecule has 6 heteroatoms. The molecule has 1 aliphatic rings. The second kappa shape index (κ2) is 5.29. The monoisotopic (exact) mass is 283 g/mol. The molecule has 21 heavy (non-hydrogen) atoms. The number of hydrogen-bond donors (Lipinski definition) is 2. The summed E-state index contributed by atoms with van der Waals surface area (Å²) < 4.78 is 5.48. The van der Waals surface area contributed by atoms with Crippen molar-refractivity contribution in [2.24, 2.45) is 0 Å². The van der Waals surface area contributed by atoms with Gasteiger partial charge in [-0.15, -0.1) is 0 Å². The van der Waals surface area contributed by atoms with Gasteiger partial charge in [0.05, 0.1) is 23.3 Å². The fourth-order valence-electron chi connectivity index (χ4n) is 2.89. The lowest BCUT2D eigenvalue weighted by molar-refractivity contribution is 0.402. The summed E-state index contributed by atoms with van der Waals surface area (Å²) in [5.74, 6) is 1.32. The average Bonchev–Trinajstić information content (AvgIpc) is 3.10. The van der Waals surface area contributed by atoms with Crippen LogP contribution in [0.4, 0.5) is 0 Å². The summed E-state index contributed by atoms with van der Waals surface area (Å²) in [4.78, 5) is 4.59. The van der Waals surface area contributed by atoms with Crippen molar-refractivity contribution in [1.82, 2.24) is 25.7 Å². The molecule has 108 valence electrons. The Morgan fingerprint density at radius 1 is 1.19 bits per heavy atom. The Balaban J connectivity index is 1.69. The maximum absolute atomic E-state index is 5.48. The Kier molecular flexibility index (Phi) is 3.16. The van der Waals surface area contributed by atoms with Gasteiger partial charge in [-0.2, -0.15) is 10.1 Å². The van der Waals surface area contributed by atoms with E-state index in [-0.39, 0.29) is 6.04 Å². The standard InChI is InChI=1S/C15H17N5O/c1-2-6-13(16-8-3-1)14-18-15(21-20-14)10-5-4-7-12-11(10)9-17-19-12/h4-5,7,9,13,16H,1-3,6,8H2,(H,17,19)/t13-/m1/s1. The van der Waals surface area contributed by atoms with Crippen LogP contribution in [0.3, 0.4) is 0 Å². The number of H-pyrrole nitrogens is 1. The largest absolute Gasteiger partial charge is 0.334 e. The van der Waals surface area contributed by atoms with Crippen LogP contribution in [0.2, 0.25) is 0 Å². The van der Waals surface area contributed by atoms with Crippen LogP contribution in [0.5, 0.6) is 0 Å². The Labute approximate surface area is 121 Å². The van der Waals surface area contributed by atoms with Crippen molar-refractivity contribution >= 4 is 10.9 Å². The second-order valence-corrected chi connectivity index (χ2v) is 5.45. The van der Waals surface area contributed by atoms with Crippen molar-refractivity contribution in [3.05, 3.63) is 30.2 Å². The summed E-state index contributed by atoms with van der Waals surface area (Å²) in [6.07, 6.45) is 6.55. The Bertz CT molecular complexity index is 739. The third-order valence-electron chi connectivity index (χ3n) is 4.03. The lowest BCUT2D eigenvalue weighted by Crippen LogP contribution is -2.21. The van der Waals surface area contributed by atoms with Crippen LogP contribution in [0.25, 0.3) is 22.4 Å². The van der Waals surface area contributed by atoms with Gasteiger partial charge in [-0.1, -0.05) is 24.1 Å². The van der Waals surface area contributed by atoms with E-state index < -0.39 is 0 Å². The fraction of sp³-hybridized carbons (Fsp3) is 0.400. The number of hydrogen-bond acceptors (Lipinski definition) is 5. The van der Waals surface area contributed by atoms with Crippen molar-refractivity contribution < 1.29 is 4.52 Å². The maximum Gasteiger partial charge on any atom is 0.258 e. The zero-order chi connectivity index (χ0) is 14.1. The molecule has 3 aromatic rings. The molecule has 1 atom stereocenters. The van der Waals surface area contributed by atoms with E-state index in [4.69, 9.17) is 4.52 Å². The van der Waals surface area contributed by atoms with Crippen molar-refractivity contribution in [3.63, 3.8) is 0 Å². The fourth-order valence-corrected chi connectivity index (χ4v) is 2.89. The number of nitrogens with one attached hydrogen (secondary N) is 2. The molecule has 1 fully saturated rings. The predicted molar refractivity (Wildman–Crippen MR) is 78.6 cm³/mol. The topological polar surface area (TPSA) is 79.6 Å². The van der Waals surface area contributed by atoms with Crippen LogP contribution in [-0.4, -0.2) is 26.9 Å². The molecule has 1 aliphatic heterocycles. The van der Waals surface area contributed by atoms with Crippen molar-refractivity contribution in [1.29, 1.82) is 0 Å². The number of benzene rings is 1. The molecule has 6 nitrogen and oxygen atoms in total. The lowest BCUT2D eigenvalue weighted by Gasteiger charge is -2.09. The molecule has 4 rings (SSSR count). The van der Waals surface area contributed by atoms with Gasteiger partial charge in [0.2, 0.25) is 0 Å². The smallest absolute Gasteiger partial charge is 0.258 e. The molecule has 0 spiro atoms. The van der Waals surface area contributed by atoms with E-state index >= 15 is 0 Å². The molecular formula is C15H17N5O. The third kappa shape index (κ3) is 2.31. The molecule has 0 unspecified atom stereocenters. The zero-order valence-corrected chi connectivity index (χ0v) is 11.7. The molecule has 0 saturated carbocycles. The molecule has 3 heterocycles. The van der Waals surface area contributed by atoms with Gasteiger partial charge in [0.25, 0.3) is 5.89 Å². The normalized spacial score (nSPS) is 19.7. The van der Waals surface area contributed by atoms with Gasteiger partial charge in [-0.05, 0) is 31.5 Å². The Hall–Kier alpha value is -2.21. The summed E-state index contributed by atoms with van der Waals surface area (Å²) in [6.45, 7) is 1.02. The molecular weight excluding hydrogens is 266 g/mol. The maximum atomic E-state index is 5.48. The minimum Gasteiger partial charge on any atom is -0.334 e. The molecule has 2 N–H and O–H groups in total. The summed E-state index contributed by atoms with van der Waals surface area (Å²) in [7, 11) is 0. The third-order valence-corrected chi connectivity index (χ3v) is 4.03. The van der Waals surface area contributed by atoms with Gasteiger partial charge >= 0.3 is 0 Å². The highest BCUT2D eigenvalue weighted by molar-refractivity contribution is 5.91. The van der Waals surface area contributed by atoms with Crippen LogP contribution >= 0.6 is 0 Å². The molecule has 2 aromatic heterocycles. The zero-order valence-electron chi connectivity index (χ0n) is 11.7. The van der Waals surface area contributed by atoms with Gasteiger partial charge in [-0.3, -0.25) is 5.10 Å². The van der Waals surface area contributed by atoms with Crippen LogP contribution in [0.1, 0.15) is 37.5 Å². The SMILES string of the molecule is c1cc(-c2nc([C@H]3CCCCCN3)no2)c2cn[nH]c2c1. The summed E-state index contributed by atoms with van der Waals surface area (Å²) in [5, 5.41) is 15.7. The quantitative estimate of drug-likeness (QED) is 0.756. The van der Waals surface area contributed by atoms with Gasteiger partial charge in [0.1, 0.15) is 0 Å². The average molecular weight is 283 g/mol. The molecule has 1 saturated heterocycles. The van der Waals surface area contributed by atoms with E-state index in [0.717, 1.165) is 35.3 Å². The van der Waals surface area contributed by atoms with Gasteiger partial charge in [-0.25, -0.2) is 0 Å². The second-order valence-electron chi connectivity index (χ2n) is 5.45. The molecule has 1 aromatic carbocycles. The van der Waals surface area contributed by atoms with Gasteiger partial charge < -0.3 is 9.84 Å². The minimum absolute atomic E-state index is 0.202. The lowest BCUT2D eigenvalue weighted by atomic mass is 10.1. The Morgan fingerprint density at radius 3 is 3.19 bits per heavy atom. The highest BCUT2D eigenvalue weighted by Gasteiger charge is 2.20. The molecule has 0 amide bonds. The highest BCUT2D eigenvalue weighted by Crippen LogP contribution is 2.28. The van der Waals surface area contributed by atoms with Crippen molar-refractivity contribution in [2.75, 3.05) is 6.54 Å². The number of aromatic amines is 1. The van der Waals surface area contributed by atoms with Crippen LogP contribution in [0.15, 0.2) is 28.9 Å². The molecule has 0 radical (unpaired) electrons. The molecule has 0 bridgehead atoms. The summed E-state index contributed by atoms with van der Waals surface area (Å²) >= 11 is 0. The highest BCUT2D eigenvalue weighted by atomic mass is 16.5. The number of aromatic nitrogens is 4. The first-order valence-corrected chi connectivity index (χ1v) is 7.41. The first kappa shape index (κ1) is 12.5. The number of nitrogens with zero attached hydrogens (tertiary/aromatic N) is 3. The van der Waals surface area contributed by atoms with E-state index in [1.807, 2.05) is 18.2 Å². The van der Waals surface area contributed by atoms with Crippen LogP contribution in [0, 0.1) is 0 Å². The van der Waals surface area contributed by atoms with Crippen molar-refractivity contribution in [2.45, 2.75) is 31.7 Å². The van der Waals surface area contributed by atoms with Gasteiger partial charge in [0, 0.05) is 5.39 Å². The predicted octanol–water partition coefficient (Wildman–Crippen LogP) is 2.82.